The number of rotatable bonds is 7. The molecule has 4 rings (SSSR count). The molecular weight excluding hydrogens is 458 g/mol. The first-order valence-electron chi connectivity index (χ1n) is 11.0. The van der Waals surface area contributed by atoms with Gasteiger partial charge < -0.3 is 4.74 Å². The van der Waals surface area contributed by atoms with Crippen molar-refractivity contribution in [2.75, 3.05) is 27.2 Å². The van der Waals surface area contributed by atoms with Gasteiger partial charge in [-0.1, -0.05) is 38.1 Å². The fraction of sp³-hybridized carbons (Fsp3) is 0.417. The third kappa shape index (κ3) is 4.82. The molecule has 0 fully saturated rings. The zero-order valence-corrected chi connectivity index (χ0v) is 21.0. The molecule has 0 bridgehead atoms. The van der Waals surface area contributed by atoms with Crippen molar-refractivity contribution >= 4 is 38.2 Å². The van der Waals surface area contributed by atoms with E-state index in [2.05, 4.69) is 11.0 Å². The van der Waals surface area contributed by atoms with Crippen LogP contribution in [-0.2, 0) is 34.3 Å². The normalized spacial score (nSPS) is 14.7. The van der Waals surface area contributed by atoms with Gasteiger partial charge in [0.25, 0.3) is 10.0 Å². The number of fused-ring (bicyclic) bond motifs is 2. The molecule has 0 saturated heterocycles. The van der Waals surface area contributed by atoms with E-state index in [9.17, 15) is 13.2 Å². The minimum Gasteiger partial charge on any atom is -0.465 e. The minimum atomic E-state index is -3.79. The van der Waals surface area contributed by atoms with Gasteiger partial charge in [-0.25, -0.2) is 13.2 Å². The molecule has 0 radical (unpaired) electrons. The highest BCUT2D eigenvalue weighted by Crippen LogP contribution is 2.38. The average Bonchev–Trinajstić information content (AvgIpc) is 3.17. The summed E-state index contributed by atoms with van der Waals surface area (Å²) < 4.78 is 33.1. The van der Waals surface area contributed by atoms with Gasteiger partial charge in [0.05, 0.1) is 23.9 Å². The largest absolute Gasteiger partial charge is 0.465 e. The number of benzene rings is 1. The van der Waals surface area contributed by atoms with Gasteiger partial charge in [-0.05, 0) is 30.0 Å². The maximum absolute atomic E-state index is 13.3. The molecule has 9 heteroatoms. The maximum atomic E-state index is 13.3. The lowest BCUT2D eigenvalue weighted by atomic mass is 10.0. The Morgan fingerprint density at radius 3 is 2.73 bits per heavy atom. The lowest BCUT2D eigenvalue weighted by Crippen LogP contribution is -2.31. The molecule has 7 nitrogen and oxygen atoms in total. The average molecular weight is 488 g/mol. The van der Waals surface area contributed by atoms with Crippen LogP contribution in [0.3, 0.4) is 0 Å². The van der Waals surface area contributed by atoms with E-state index >= 15 is 0 Å². The first-order chi connectivity index (χ1) is 15.7. The molecule has 0 saturated carbocycles. The van der Waals surface area contributed by atoms with Crippen molar-refractivity contribution in [1.82, 2.24) is 14.2 Å². The van der Waals surface area contributed by atoms with Gasteiger partial charge in [0.2, 0.25) is 0 Å². The number of carbonyl (C=O) groups is 1. The van der Waals surface area contributed by atoms with Crippen LogP contribution < -0.4 is 0 Å². The van der Waals surface area contributed by atoms with Crippen LogP contribution in [0.4, 0.5) is 0 Å². The summed E-state index contributed by atoms with van der Waals surface area (Å²) in [5.74, 6) is -0.417. The number of pyridine rings is 1. The van der Waals surface area contributed by atoms with Gasteiger partial charge in [0.15, 0.2) is 0 Å². The molecule has 176 valence electrons. The van der Waals surface area contributed by atoms with E-state index in [0.717, 1.165) is 27.0 Å². The van der Waals surface area contributed by atoms with Crippen molar-refractivity contribution < 1.29 is 17.9 Å². The third-order valence-electron chi connectivity index (χ3n) is 5.80. The number of sulfonamides is 1. The maximum Gasteiger partial charge on any atom is 0.340 e. The molecule has 0 spiro atoms. The summed E-state index contributed by atoms with van der Waals surface area (Å²) in [5, 5.41) is 1.10. The summed E-state index contributed by atoms with van der Waals surface area (Å²) in [6, 6.07) is 12.1. The van der Waals surface area contributed by atoms with Crippen LogP contribution in [0.25, 0.3) is 10.9 Å². The number of aromatic nitrogens is 1. The summed E-state index contributed by atoms with van der Waals surface area (Å²) >= 11 is 1.19. The van der Waals surface area contributed by atoms with Crippen molar-refractivity contribution in [3.8, 4) is 0 Å². The fourth-order valence-electron chi connectivity index (χ4n) is 4.24. The predicted molar refractivity (Wildman–Crippen MR) is 130 cm³/mol. The van der Waals surface area contributed by atoms with Crippen LogP contribution in [0.2, 0.25) is 0 Å². The van der Waals surface area contributed by atoms with Crippen LogP contribution in [-0.4, -0.2) is 55.8 Å². The Kier molecular flexibility index (Phi) is 6.86. The molecule has 0 atom stereocenters. The molecule has 3 heterocycles. The number of carbonyl (C=O) groups excluding carboxylic acids is 1. The second-order valence-electron chi connectivity index (χ2n) is 8.79. The molecule has 1 aliphatic heterocycles. The lowest BCUT2D eigenvalue weighted by molar-refractivity contribution is 0.0595. The second-order valence-corrected chi connectivity index (χ2v) is 12.1. The van der Waals surface area contributed by atoms with Crippen LogP contribution in [0, 0.1) is 5.92 Å². The number of nitrogens with zero attached hydrogens (tertiary/aromatic N) is 3. The molecule has 33 heavy (non-hydrogen) atoms. The standard InChI is InChI=1S/C24H29N3O4S2/c1-16(2)13-26(3)33(29,30)24-22(23(28)31-4)19-11-12-27(15-21(19)32-24)14-18-10-9-17-7-5-6-8-20(17)25-18/h5-10,16H,11-15H2,1-4H3. The monoisotopic (exact) mass is 487 g/mol. The summed E-state index contributed by atoms with van der Waals surface area (Å²) in [4.78, 5) is 20.5. The molecule has 3 aromatic rings. The van der Waals surface area contributed by atoms with E-state index in [0.29, 0.717) is 32.6 Å². The van der Waals surface area contributed by atoms with Crippen molar-refractivity contribution in [2.24, 2.45) is 5.92 Å². The van der Waals surface area contributed by atoms with Crippen molar-refractivity contribution in [3.05, 3.63) is 58.1 Å². The minimum absolute atomic E-state index is 0.0909. The molecule has 1 aromatic carbocycles. The van der Waals surface area contributed by atoms with E-state index in [1.165, 1.54) is 22.8 Å². The molecule has 0 aliphatic carbocycles. The molecule has 0 amide bonds. The van der Waals surface area contributed by atoms with E-state index in [4.69, 9.17) is 9.72 Å². The van der Waals surface area contributed by atoms with Gasteiger partial charge >= 0.3 is 5.97 Å². The Bertz CT molecular complexity index is 1280. The number of hydrogen-bond donors (Lipinski definition) is 0. The zero-order valence-electron chi connectivity index (χ0n) is 19.4. The Morgan fingerprint density at radius 2 is 2.00 bits per heavy atom. The van der Waals surface area contributed by atoms with Crippen LogP contribution in [0.5, 0.6) is 0 Å². The van der Waals surface area contributed by atoms with Crippen LogP contribution >= 0.6 is 11.3 Å². The number of para-hydroxylation sites is 1. The molecule has 2 aromatic heterocycles. The Labute approximate surface area is 199 Å². The van der Waals surface area contributed by atoms with Gasteiger partial charge in [0, 0.05) is 43.5 Å². The number of ether oxygens (including phenoxy) is 1. The van der Waals surface area contributed by atoms with E-state index in [1.54, 1.807) is 7.05 Å². The Morgan fingerprint density at radius 1 is 1.24 bits per heavy atom. The Hall–Kier alpha value is -2.33. The van der Waals surface area contributed by atoms with E-state index < -0.39 is 16.0 Å². The highest BCUT2D eigenvalue weighted by atomic mass is 32.2. The van der Waals surface area contributed by atoms with Crippen LogP contribution in [0.15, 0.2) is 40.6 Å². The fourth-order valence-corrected chi connectivity index (χ4v) is 7.69. The molecule has 0 N–H and O–H groups in total. The van der Waals surface area contributed by atoms with E-state index in [1.807, 2.05) is 44.2 Å². The summed E-state index contributed by atoms with van der Waals surface area (Å²) in [7, 11) is -0.939. The summed E-state index contributed by atoms with van der Waals surface area (Å²) in [5.41, 5.74) is 2.92. The van der Waals surface area contributed by atoms with Crippen LogP contribution in [0.1, 0.15) is 40.3 Å². The van der Waals surface area contributed by atoms with Gasteiger partial charge in [-0.3, -0.25) is 9.88 Å². The van der Waals surface area contributed by atoms with Crippen molar-refractivity contribution in [3.63, 3.8) is 0 Å². The number of thiophene rings is 1. The third-order valence-corrected chi connectivity index (χ3v) is 9.34. The van der Waals surface area contributed by atoms with Gasteiger partial charge in [-0.15, -0.1) is 11.3 Å². The number of esters is 1. The molecular formula is C24H29N3O4S2. The highest BCUT2D eigenvalue weighted by Gasteiger charge is 2.36. The number of methoxy groups -OCH3 is 1. The topological polar surface area (TPSA) is 79.8 Å². The quantitative estimate of drug-likeness (QED) is 0.470. The van der Waals surface area contributed by atoms with E-state index in [-0.39, 0.29) is 15.7 Å². The highest BCUT2D eigenvalue weighted by molar-refractivity contribution is 7.91. The summed E-state index contributed by atoms with van der Waals surface area (Å²) in [6.07, 6.45) is 0.591. The first kappa shape index (κ1) is 23.8. The van der Waals surface area contributed by atoms with Crippen molar-refractivity contribution in [2.45, 2.75) is 37.6 Å². The van der Waals surface area contributed by atoms with Crippen molar-refractivity contribution in [1.29, 1.82) is 0 Å². The Balaban J connectivity index is 1.63. The van der Waals surface area contributed by atoms with Gasteiger partial charge in [0.1, 0.15) is 4.21 Å². The first-order valence-corrected chi connectivity index (χ1v) is 13.2. The zero-order chi connectivity index (χ0) is 23.8. The summed E-state index contributed by atoms with van der Waals surface area (Å²) in [6.45, 7) is 6.25. The smallest absolute Gasteiger partial charge is 0.340 e. The van der Waals surface area contributed by atoms with Gasteiger partial charge in [-0.2, -0.15) is 4.31 Å². The number of hydrogen-bond acceptors (Lipinski definition) is 7. The second kappa shape index (κ2) is 9.50. The predicted octanol–water partition coefficient (Wildman–Crippen LogP) is 3.92. The molecule has 0 unspecified atom stereocenters. The lowest BCUT2D eigenvalue weighted by Gasteiger charge is -2.26. The SMILES string of the molecule is COC(=O)c1c(S(=O)(=O)N(C)CC(C)C)sc2c1CCN(Cc1ccc3ccccc3n1)C2. The molecule has 1 aliphatic rings.